The molecule has 2 aliphatic rings. The highest BCUT2D eigenvalue weighted by molar-refractivity contribution is 5.86. The summed E-state index contributed by atoms with van der Waals surface area (Å²) < 4.78 is 5.27. The van der Waals surface area contributed by atoms with E-state index >= 15 is 0 Å². The van der Waals surface area contributed by atoms with Crippen molar-refractivity contribution in [2.24, 2.45) is 5.41 Å². The quantitative estimate of drug-likeness (QED) is 0.357. The molecule has 1 aromatic carbocycles. The second kappa shape index (κ2) is 10.5. The molecule has 0 amide bonds. The summed E-state index contributed by atoms with van der Waals surface area (Å²) in [5, 5.41) is 15.1. The Morgan fingerprint density at radius 2 is 2.08 bits per heavy atom. The van der Waals surface area contributed by atoms with Gasteiger partial charge in [0.2, 0.25) is 0 Å². The molecular formula is C30H40N4O2. The standard InChI is InChI=1S/C21H28N2O.C9H12N2O/c1-20(2)11-6-7-16(13-20)22-12-10-15-14-23-19-17(15)8-5-9-18(19)21(3,4)24;1-12-8-3-2-6-7(10)4-5-11-9(6)8/h5-9,11,14,22-24H,10,12-13H2,1-4H3;4-5,8H,2-3H2,1H3,(H2,10,11). The number of ether oxygens (including phenoxy) is 1. The van der Waals surface area contributed by atoms with Crippen LogP contribution < -0.4 is 11.1 Å². The van der Waals surface area contributed by atoms with Crippen LogP contribution in [0.15, 0.2) is 60.6 Å². The van der Waals surface area contributed by atoms with Crippen LogP contribution in [0, 0.1) is 5.41 Å². The molecule has 2 heterocycles. The van der Waals surface area contributed by atoms with Crippen LogP contribution in [0.5, 0.6) is 0 Å². The van der Waals surface area contributed by atoms with E-state index in [0.29, 0.717) is 0 Å². The van der Waals surface area contributed by atoms with E-state index in [0.717, 1.165) is 54.7 Å². The summed E-state index contributed by atoms with van der Waals surface area (Å²) in [6, 6.07) is 7.98. The maximum absolute atomic E-state index is 10.3. The van der Waals surface area contributed by atoms with Crippen molar-refractivity contribution in [1.82, 2.24) is 15.3 Å². The van der Waals surface area contributed by atoms with Crippen LogP contribution in [-0.4, -0.2) is 28.7 Å². The minimum atomic E-state index is -0.843. The summed E-state index contributed by atoms with van der Waals surface area (Å²) in [6.07, 6.45) is 14.6. The first-order chi connectivity index (χ1) is 17.1. The van der Waals surface area contributed by atoms with Crippen molar-refractivity contribution in [1.29, 1.82) is 0 Å². The number of hydrogen-bond acceptors (Lipinski definition) is 5. The molecule has 5 N–H and O–H groups in total. The van der Waals surface area contributed by atoms with Gasteiger partial charge in [0.25, 0.3) is 0 Å². The van der Waals surface area contributed by atoms with E-state index in [4.69, 9.17) is 10.5 Å². The van der Waals surface area contributed by atoms with Crippen LogP contribution in [0.25, 0.3) is 10.9 Å². The Kier molecular flexibility index (Phi) is 7.57. The molecule has 1 atom stereocenters. The lowest BCUT2D eigenvalue weighted by Gasteiger charge is -2.25. The fourth-order valence-corrected chi connectivity index (χ4v) is 5.16. The summed E-state index contributed by atoms with van der Waals surface area (Å²) in [5.74, 6) is 0. The van der Waals surface area contributed by atoms with E-state index < -0.39 is 5.60 Å². The zero-order valence-electron chi connectivity index (χ0n) is 22.2. The number of nitrogens with one attached hydrogen (secondary N) is 2. The van der Waals surface area contributed by atoms with E-state index in [-0.39, 0.29) is 11.5 Å². The number of aromatic amines is 1. The second-order valence-corrected chi connectivity index (χ2v) is 11.0. The molecule has 2 aliphatic carbocycles. The van der Waals surface area contributed by atoms with E-state index in [9.17, 15) is 5.11 Å². The predicted octanol–water partition coefficient (Wildman–Crippen LogP) is 5.69. The number of allylic oxidation sites excluding steroid dienone is 4. The van der Waals surface area contributed by atoms with Crippen LogP contribution >= 0.6 is 0 Å². The van der Waals surface area contributed by atoms with Crippen LogP contribution in [0.3, 0.4) is 0 Å². The molecule has 0 radical (unpaired) electrons. The maximum atomic E-state index is 10.3. The van der Waals surface area contributed by atoms with Gasteiger partial charge >= 0.3 is 0 Å². The molecule has 1 unspecified atom stereocenters. The average Bonchev–Trinajstić information content (AvgIpc) is 3.43. The van der Waals surface area contributed by atoms with Crippen molar-refractivity contribution in [2.45, 2.75) is 65.1 Å². The smallest absolute Gasteiger partial charge is 0.0997 e. The Morgan fingerprint density at radius 3 is 2.81 bits per heavy atom. The first-order valence-corrected chi connectivity index (χ1v) is 12.8. The van der Waals surface area contributed by atoms with Crippen LogP contribution in [-0.2, 0) is 23.2 Å². The van der Waals surface area contributed by atoms with E-state index in [1.54, 1.807) is 13.3 Å². The lowest BCUT2D eigenvalue weighted by Crippen LogP contribution is -2.23. The number of aliphatic hydroxyl groups is 1. The summed E-state index contributed by atoms with van der Waals surface area (Å²) in [4.78, 5) is 7.62. The maximum Gasteiger partial charge on any atom is 0.0997 e. The molecule has 0 bridgehead atoms. The van der Waals surface area contributed by atoms with Crippen LogP contribution in [0.2, 0.25) is 0 Å². The topological polar surface area (TPSA) is 96.2 Å². The molecule has 0 saturated heterocycles. The lowest BCUT2D eigenvalue weighted by atomic mass is 9.84. The zero-order valence-corrected chi connectivity index (χ0v) is 22.2. The van der Waals surface area contributed by atoms with Gasteiger partial charge in [-0.05, 0) is 68.2 Å². The Balaban J connectivity index is 0.000000211. The Labute approximate surface area is 214 Å². The third kappa shape index (κ3) is 5.82. The molecule has 0 saturated carbocycles. The van der Waals surface area contributed by atoms with Gasteiger partial charge in [0.15, 0.2) is 0 Å². The molecule has 0 fully saturated rings. The molecule has 3 aromatic rings. The van der Waals surface area contributed by atoms with Gasteiger partial charge in [-0.15, -0.1) is 0 Å². The second-order valence-electron chi connectivity index (χ2n) is 11.0. The minimum Gasteiger partial charge on any atom is -0.398 e. The number of hydrogen-bond donors (Lipinski definition) is 4. The van der Waals surface area contributed by atoms with Crippen molar-refractivity contribution in [2.75, 3.05) is 19.4 Å². The van der Waals surface area contributed by atoms with Crippen molar-refractivity contribution < 1.29 is 9.84 Å². The van der Waals surface area contributed by atoms with Gasteiger partial charge in [-0.2, -0.15) is 0 Å². The van der Waals surface area contributed by atoms with E-state index in [2.05, 4.69) is 59.6 Å². The molecule has 5 rings (SSSR count). The third-order valence-electron chi connectivity index (χ3n) is 7.07. The van der Waals surface area contributed by atoms with Gasteiger partial charge in [-0.25, -0.2) is 0 Å². The number of H-pyrrole nitrogens is 1. The molecular weight excluding hydrogens is 448 g/mol. The number of benzene rings is 1. The number of methoxy groups -OCH3 is 1. The lowest BCUT2D eigenvalue weighted by molar-refractivity contribution is 0.0800. The van der Waals surface area contributed by atoms with Gasteiger partial charge in [0.05, 0.1) is 22.9 Å². The predicted molar refractivity (Wildman–Crippen MR) is 148 cm³/mol. The number of nitrogen functional groups attached to an aromatic ring is 1. The number of pyridine rings is 1. The summed E-state index contributed by atoms with van der Waals surface area (Å²) in [7, 11) is 1.71. The fourth-order valence-electron chi connectivity index (χ4n) is 5.16. The number of para-hydroxylation sites is 1. The number of fused-ring (bicyclic) bond motifs is 2. The minimum absolute atomic E-state index is 0.156. The van der Waals surface area contributed by atoms with Crippen molar-refractivity contribution >= 4 is 16.6 Å². The Morgan fingerprint density at radius 1 is 1.28 bits per heavy atom. The van der Waals surface area contributed by atoms with Crippen LogP contribution in [0.1, 0.15) is 69.0 Å². The van der Waals surface area contributed by atoms with Gasteiger partial charge in [0, 0.05) is 48.4 Å². The zero-order chi connectivity index (χ0) is 25.9. The van der Waals surface area contributed by atoms with Crippen molar-refractivity contribution in [3.05, 3.63) is 83.0 Å². The molecule has 2 aromatic heterocycles. The number of anilines is 1. The molecule has 6 heteroatoms. The van der Waals surface area contributed by atoms with Gasteiger partial charge in [-0.3, -0.25) is 4.98 Å². The van der Waals surface area contributed by atoms with Crippen molar-refractivity contribution in [3.63, 3.8) is 0 Å². The Hall–Kier alpha value is -3.09. The number of aromatic nitrogens is 2. The fraction of sp³-hybridized carbons (Fsp3) is 0.433. The third-order valence-corrected chi connectivity index (χ3v) is 7.07. The monoisotopic (exact) mass is 488 g/mol. The molecule has 36 heavy (non-hydrogen) atoms. The first-order valence-electron chi connectivity index (χ1n) is 12.8. The number of rotatable bonds is 6. The van der Waals surface area contributed by atoms with E-state index in [1.807, 2.05) is 32.0 Å². The SMILES string of the molecule is CC1(C)C=CC=C(NCCc2c[nH]c3c(C(C)(C)O)cccc23)C1.COC1CCc2c(N)ccnc21. The van der Waals surface area contributed by atoms with Gasteiger partial charge in [0.1, 0.15) is 0 Å². The summed E-state index contributed by atoms with van der Waals surface area (Å²) in [5.41, 5.74) is 12.8. The summed E-state index contributed by atoms with van der Waals surface area (Å²) >= 11 is 0. The molecule has 192 valence electrons. The highest BCUT2D eigenvalue weighted by Gasteiger charge is 2.25. The first kappa shape index (κ1) is 26.0. The Bertz CT molecular complexity index is 1260. The highest BCUT2D eigenvalue weighted by atomic mass is 16.5. The summed E-state index contributed by atoms with van der Waals surface area (Å²) in [6.45, 7) is 9.09. The molecule has 0 aliphatic heterocycles. The largest absolute Gasteiger partial charge is 0.398 e. The van der Waals surface area contributed by atoms with Crippen molar-refractivity contribution in [3.8, 4) is 0 Å². The number of nitrogens with two attached hydrogens (primary N) is 1. The normalized spacial score (nSPS) is 18.4. The van der Waals surface area contributed by atoms with E-state index in [1.165, 1.54) is 22.2 Å². The number of nitrogens with zero attached hydrogens (tertiary/aromatic N) is 1. The molecule has 6 nitrogen and oxygen atoms in total. The highest BCUT2D eigenvalue weighted by Crippen LogP contribution is 2.34. The average molecular weight is 489 g/mol. The van der Waals surface area contributed by atoms with Gasteiger partial charge in [-0.1, -0.05) is 44.2 Å². The van der Waals surface area contributed by atoms with Gasteiger partial charge < -0.3 is 25.9 Å². The van der Waals surface area contributed by atoms with Crippen LogP contribution in [0.4, 0.5) is 5.69 Å². The molecule has 0 spiro atoms.